The maximum absolute atomic E-state index is 11.9. The standard InChI is InChI=1S/C13H14ClNO3/c1-7(8-2-3-8)12(16)15-11-6-9(14)4-5-10(11)13(17)18/h4-8H,2-3H2,1H3,(H,15,16)(H,17,18). The summed E-state index contributed by atoms with van der Waals surface area (Å²) in [6, 6.07) is 4.34. The molecular formula is C13H14ClNO3. The molecule has 1 aromatic carbocycles. The highest BCUT2D eigenvalue weighted by Crippen LogP contribution is 2.37. The van der Waals surface area contributed by atoms with Crippen molar-refractivity contribution in [2.75, 3.05) is 5.32 Å². The number of hydrogen-bond donors (Lipinski definition) is 2. The summed E-state index contributed by atoms with van der Waals surface area (Å²) in [5.41, 5.74) is 0.309. The minimum Gasteiger partial charge on any atom is -0.478 e. The van der Waals surface area contributed by atoms with Gasteiger partial charge in [0.25, 0.3) is 0 Å². The van der Waals surface area contributed by atoms with E-state index in [2.05, 4.69) is 5.32 Å². The second-order valence-electron chi connectivity index (χ2n) is 4.61. The third kappa shape index (κ3) is 2.82. The van der Waals surface area contributed by atoms with Gasteiger partial charge in [0.15, 0.2) is 0 Å². The van der Waals surface area contributed by atoms with Crippen molar-refractivity contribution in [2.24, 2.45) is 11.8 Å². The predicted octanol–water partition coefficient (Wildman–Crippen LogP) is 3.02. The van der Waals surface area contributed by atoms with E-state index in [4.69, 9.17) is 16.7 Å². The number of carbonyl (C=O) groups is 2. The van der Waals surface area contributed by atoms with Crippen molar-refractivity contribution in [1.82, 2.24) is 0 Å². The highest BCUT2D eigenvalue weighted by Gasteiger charge is 2.32. The molecule has 96 valence electrons. The average Bonchev–Trinajstić information content (AvgIpc) is 3.11. The molecule has 4 nitrogen and oxygen atoms in total. The summed E-state index contributed by atoms with van der Waals surface area (Å²) in [5, 5.41) is 12.1. The molecule has 0 aromatic heterocycles. The first-order valence-electron chi connectivity index (χ1n) is 5.82. The van der Waals surface area contributed by atoms with Crippen LogP contribution in [-0.2, 0) is 4.79 Å². The summed E-state index contributed by atoms with van der Waals surface area (Å²) in [6.07, 6.45) is 2.13. The number of nitrogens with one attached hydrogen (secondary N) is 1. The van der Waals surface area contributed by atoms with E-state index in [-0.39, 0.29) is 23.1 Å². The van der Waals surface area contributed by atoms with Gasteiger partial charge >= 0.3 is 5.97 Å². The van der Waals surface area contributed by atoms with Gasteiger partial charge in [0.2, 0.25) is 5.91 Å². The third-order valence-corrected chi connectivity index (χ3v) is 3.45. The molecule has 2 N–H and O–H groups in total. The van der Waals surface area contributed by atoms with Gasteiger partial charge in [0.1, 0.15) is 0 Å². The Bertz CT molecular complexity index is 497. The number of aromatic carboxylic acids is 1. The lowest BCUT2D eigenvalue weighted by atomic mass is 10.1. The molecule has 18 heavy (non-hydrogen) atoms. The molecule has 0 bridgehead atoms. The van der Waals surface area contributed by atoms with Crippen LogP contribution in [0.15, 0.2) is 18.2 Å². The molecule has 0 saturated heterocycles. The van der Waals surface area contributed by atoms with E-state index in [0.717, 1.165) is 12.8 Å². The minimum absolute atomic E-state index is 0.0516. The molecule has 0 heterocycles. The Kier molecular flexibility index (Phi) is 3.57. The maximum Gasteiger partial charge on any atom is 0.337 e. The summed E-state index contributed by atoms with van der Waals surface area (Å²) < 4.78 is 0. The summed E-state index contributed by atoms with van der Waals surface area (Å²) in [6.45, 7) is 1.86. The first-order valence-corrected chi connectivity index (χ1v) is 6.20. The van der Waals surface area contributed by atoms with Gasteiger partial charge in [-0.25, -0.2) is 4.79 Å². The van der Waals surface area contributed by atoms with Crippen LogP contribution >= 0.6 is 11.6 Å². The van der Waals surface area contributed by atoms with Crippen molar-refractivity contribution in [1.29, 1.82) is 0 Å². The second-order valence-corrected chi connectivity index (χ2v) is 5.05. The van der Waals surface area contributed by atoms with Gasteiger partial charge in [-0.15, -0.1) is 0 Å². The van der Waals surface area contributed by atoms with Crippen molar-refractivity contribution in [2.45, 2.75) is 19.8 Å². The Balaban J connectivity index is 2.18. The number of benzene rings is 1. The fourth-order valence-corrected chi connectivity index (χ4v) is 2.04. The number of carboxylic acid groups (broad SMARTS) is 1. The van der Waals surface area contributed by atoms with Crippen LogP contribution in [-0.4, -0.2) is 17.0 Å². The molecule has 1 aliphatic carbocycles. The van der Waals surface area contributed by atoms with Gasteiger partial charge in [-0.05, 0) is 37.0 Å². The lowest BCUT2D eigenvalue weighted by molar-refractivity contribution is -0.119. The quantitative estimate of drug-likeness (QED) is 0.881. The highest BCUT2D eigenvalue weighted by atomic mass is 35.5. The Morgan fingerprint density at radius 3 is 2.67 bits per heavy atom. The van der Waals surface area contributed by atoms with Crippen LogP contribution in [0.1, 0.15) is 30.1 Å². The average molecular weight is 268 g/mol. The molecule has 2 rings (SSSR count). The van der Waals surface area contributed by atoms with Gasteiger partial charge in [-0.2, -0.15) is 0 Å². The molecule has 1 atom stereocenters. The van der Waals surface area contributed by atoms with Crippen LogP contribution in [0.25, 0.3) is 0 Å². The molecule has 5 heteroatoms. The molecule has 1 saturated carbocycles. The fraction of sp³-hybridized carbons (Fsp3) is 0.385. The lowest BCUT2D eigenvalue weighted by Crippen LogP contribution is -2.23. The van der Waals surface area contributed by atoms with Gasteiger partial charge in [-0.1, -0.05) is 18.5 Å². The van der Waals surface area contributed by atoms with Crippen molar-refractivity contribution in [3.05, 3.63) is 28.8 Å². The van der Waals surface area contributed by atoms with Crippen molar-refractivity contribution in [3.8, 4) is 0 Å². The van der Waals surface area contributed by atoms with Crippen molar-refractivity contribution in [3.63, 3.8) is 0 Å². The number of carbonyl (C=O) groups excluding carboxylic acids is 1. The highest BCUT2D eigenvalue weighted by molar-refractivity contribution is 6.31. The topological polar surface area (TPSA) is 66.4 Å². The SMILES string of the molecule is CC(C(=O)Nc1cc(Cl)ccc1C(=O)O)C1CC1. The monoisotopic (exact) mass is 267 g/mol. The zero-order valence-corrected chi connectivity index (χ0v) is 10.7. The zero-order chi connectivity index (χ0) is 13.3. The van der Waals surface area contributed by atoms with Crippen LogP contribution in [0, 0.1) is 11.8 Å². The summed E-state index contributed by atoms with van der Waals surface area (Å²) in [7, 11) is 0. The molecule has 1 fully saturated rings. The van der Waals surface area contributed by atoms with Gasteiger partial charge in [0.05, 0.1) is 11.3 Å². The Morgan fingerprint density at radius 1 is 1.44 bits per heavy atom. The van der Waals surface area contributed by atoms with Crippen molar-refractivity contribution >= 4 is 29.2 Å². The number of hydrogen-bond acceptors (Lipinski definition) is 2. The molecule has 0 spiro atoms. The first kappa shape index (κ1) is 12.9. The van der Waals surface area contributed by atoms with Gasteiger partial charge in [0, 0.05) is 10.9 Å². The Labute approximate surface area is 110 Å². The van der Waals surface area contributed by atoms with Crippen LogP contribution in [0.4, 0.5) is 5.69 Å². The Morgan fingerprint density at radius 2 is 2.11 bits per heavy atom. The fourth-order valence-electron chi connectivity index (χ4n) is 1.86. The van der Waals surface area contributed by atoms with Crippen LogP contribution < -0.4 is 5.32 Å². The predicted molar refractivity (Wildman–Crippen MR) is 68.9 cm³/mol. The molecule has 1 aromatic rings. The van der Waals surface area contributed by atoms with Crippen LogP contribution in [0.3, 0.4) is 0 Å². The smallest absolute Gasteiger partial charge is 0.337 e. The minimum atomic E-state index is -1.08. The largest absolute Gasteiger partial charge is 0.478 e. The molecule has 1 amide bonds. The molecular weight excluding hydrogens is 254 g/mol. The normalized spacial score (nSPS) is 16.1. The van der Waals surface area contributed by atoms with Crippen molar-refractivity contribution < 1.29 is 14.7 Å². The number of carboxylic acids is 1. The molecule has 0 radical (unpaired) electrons. The zero-order valence-electron chi connectivity index (χ0n) is 9.94. The molecule has 1 aliphatic rings. The number of halogens is 1. The van der Waals surface area contributed by atoms with E-state index < -0.39 is 5.97 Å². The number of rotatable bonds is 4. The third-order valence-electron chi connectivity index (χ3n) is 3.21. The van der Waals surface area contributed by atoms with Crippen LogP contribution in [0.5, 0.6) is 0 Å². The maximum atomic E-state index is 11.9. The van der Waals surface area contributed by atoms with E-state index in [1.165, 1.54) is 18.2 Å². The van der Waals surface area contributed by atoms with Crippen LogP contribution in [0.2, 0.25) is 5.02 Å². The van der Waals surface area contributed by atoms with E-state index in [1.807, 2.05) is 6.92 Å². The first-order chi connectivity index (χ1) is 8.49. The van der Waals surface area contributed by atoms with E-state index in [1.54, 1.807) is 0 Å². The lowest BCUT2D eigenvalue weighted by Gasteiger charge is -2.13. The molecule has 0 aliphatic heterocycles. The summed E-state index contributed by atoms with van der Waals surface area (Å²) in [5.74, 6) is -0.897. The Hall–Kier alpha value is -1.55. The summed E-state index contributed by atoms with van der Waals surface area (Å²) in [4.78, 5) is 23.0. The second kappa shape index (κ2) is 4.98. The van der Waals surface area contributed by atoms with Gasteiger partial charge in [-0.3, -0.25) is 4.79 Å². The van der Waals surface area contributed by atoms with E-state index in [0.29, 0.717) is 10.9 Å². The summed E-state index contributed by atoms with van der Waals surface area (Å²) >= 11 is 5.82. The molecule has 1 unspecified atom stereocenters. The van der Waals surface area contributed by atoms with E-state index >= 15 is 0 Å². The van der Waals surface area contributed by atoms with E-state index in [9.17, 15) is 9.59 Å². The number of amides is 1. The van der Waals surface area contributed by atoms with Gasteiger partial charge < -0.3 is 10.4 Å². The number of anilines is 1.